The number of benzene rings is 1. The Morgan fingerprint density at radius 3 is 2.83 bits per heavy atom. The van der Waals surface area contributed by atoms with Gasteiger partial charge in [-0.15, -0.1) is 0 Å². The number of methoxy groups -OCH3 is 1. The number of hydrogen-bond acceptors (Lipinski definition) is 3. The van der Waals surface area contributed by atoms with Crippen molar-refractivity contribution < 1.29 is 9.47 Å². The second-order valence-electron chi connectivity index (χ2n) is 4.12. The van der Waals surface area contributed by atoms with Crippen molar-refractivity contribution in [1.29, 1.82) is 0 Å². The minimum Gasteiger partial charge on any atom is -0.493 e. The van der Waals surface area contributed by atoms with Gasteiger partial charge < -0.3 is 14.8 Å². The molecule has 0 saturated carbocycles. The van der Waals surface area contributed by atoms with Gasteiger partial charge in [-0.05, 0) is 31.2 Å². The van der Waals surface area contributed by atoms with Gasteiger partial charge in [0.15, 0.2) is 0 Å². The summed E-state index contributed by atoms with van der Waals surface area (Å²) in [5.41, 5.74) is 1.10. The Balaban J connectivity index is 2.52. The van der Waals surface area contributed by atoms with Gasteiger partial charge in [0.1, 0.15) is 5.75 Å². The summed E-state index contributed by atoms with van der Waals surface area (Å²) in [4.78, 5) is 0. The molecule has 0 aliphatic carbocycles. The van der Waals surface area contributed by atoms with Crippen LogP contribution in [0.25, 0.3) is 0 Å². The summed E-state index contributed by atoms with van der Waals surface area (Å²) in [5, 5.41) is 4.10. The smallest absolute Gasteiger partial charge is 0.123 e. The predicted molar refractivity (Wildman–Crippen MR) is 75.4 cm³/mol. The predicted octanol–water partition coefficient (Wildman–Crippen LogP) is 3.25. The van der Waals surface area contributed by atoms with Crippen molar-refractivity contribution in [3.63, 3.8) is 0 Å². The van der Waals surface area contributed by atoms with Gasteiger partial charge in [0.05, 0.1) is 6.61 Å². The van der Waals surface area contributed by atoms with Crippen LogP contribution in [0.2, 0.25) is 5.02 Å². The molecule has 18 heavy (non-hydrogen) atoms. The van der Waals surface area contributed by atoms with Crippen LogP contribution in [0, 0.1) is 0 Å². The second kappa shape index (κ2) is 9.20. The SMILES string of the molecule is CCCNCc1cc(Cl)ccc1OCCCOC. The van der Waals surface area contributed by atoms with E-state index in [1.165, 1.54) is 0 Å². The Morgan fingerprint density at radius 2 is 2.11 bits per heavy atom. The van der Waals surface area contributed by atoms with E-state index in [1.807, 2.05) is 18.2 Å². The van der Waals surface area contributed by atoms with E-state index >= 15 is 0 Å². The number of hydrogen-bond donors (Lipinski definition) is 1. The molecule has 102 valence electrons. The molecule has 1 N–H and O–H groups in total. The molecule has 0 atom stereocenters. The molecule has 0 bridgehead atoms. The Hall–Kier alpha value is -0.770. The maximum absolute atomic E-state index is 6.01. The van der Waals surface area contributed by atoms with Crippen LogP contribution in [-0.2, 0) is 11.3 Å². The van der Waals surface area contributed by atoms with Crippen molar-refractivity contribution in [3.05, 3.63) is 28.8 Å². The molecular weight excluding hydrogens is 250 g/mol. The molecule has 0 amide bonds. The van der Waals surface area contributed by atoms with Crippen LogP contribution in [0.3, 0.4) is 0 Å². The summed E-state index contributed by atoms with van der Waals surface area (Å²) < 4.78 is 10.7. The Kier molecular flexibility index (Phi) is 7.81. The number of ether oxygens (including phenoxy) is 2. The minimum absolute atomic E-state index is 0.663. The zero-order valence-electron chi connectivity index (χ0n) is 11.2. The summed E-state index contributed by atoms with van der Waals surface area (Å²) in [6, 6.07) is 5.74. The highest BCUT2D eigenvalue weighted by atomic mass is 35.5. The molecule has 1 aromatic carbocycles. The van der Waals surface area contributed by atoms with E-state index in [2.05, 4.69) is 12.2 Å². The van der Waals surface area contributed by atoms with Gasteiger partial charge in [-0.25, -0.2) is 0 Å². The molecule has 0 saturated heterocycles. The number of halogens is 1. The molecule has 0 radical (unpaired) electrons. The summed E-state index contributed by atoms with van der Waals surface area (Å²) in [7, 11) is 1.70. The van der Waals surface area contributed by atoms with Crippen LogP contribution < -0.4 is 10.1 Å². The fraction of sp³-hybridized carbons (Fsp3) is 0.571. The summed E-state index contributed by atoms with van der Waals surface area (Å²) in [5.74, 6) is 0.902. The molecule has 0 fully saturated rings. The topological polar surface area (TPSA) is 30.5 Å². The maximum atomic E-state index is 6.01. The monoisotopic (exact) mass is 271 g/mol. The lowest BCUT2D eigenvalue weighted by Crippen LogP contribution is -2.15. The van der Waals surface area contributed by atoms with E-state index in [0.717, 1.165) is 48.9 Å². The lowest BCUT2D eigenvalue weighted by Gasteiger charge is -2.12. The van der Waals surface area contributed by atoms with E-state index in [-0.39, 0.29) is 0 Å². The average molecular weight is 272 g/mol. The van der Waals surface area contributed by atoms with Gasteiger partial charge in [-0.3, -0.25) is 0 Å². The van der Waals surface area contributed by atoms with Gasteiger partial charge in [0.25, 0.3) is 0 Å². The van der Waals surface area contributed by atoms with Crippen LogP contribution in [-0.4, -0.2) is 26.9 Å². The van der Waals surface area contributed by atoms with Crippen molar-refractivity contribution in [2.45, 2.75) is 26.3 Å². The van der Waals surface area contributed by atoms with Crippen LogP contribution in [0.5, 0.6) is 5.75 Å². The molecule has 0 aliphatic heterocycles. The van der Waals surface area contributed by atoms with E-state index < -0.39 is 0 Å². The zero-order valence-corrected chi connectivity index (χ0v) is 11.9. The maximum Gasteiger partial charge on any atom is 0.123 e. The van der Waals surface area contributed by atoms with E-state index in [9.17, 15) is 0 Å². The normalized spacial score (nSPS) is 10.6. The van der Waals surface area contributed by atoms with E-state index in [4.69, 9.17) is 21.1 Å². The van der Waals surface area contributed by atoms with Crippen LogP contribution in [0.4, 0.5) is 0 Å². The third-order valence-electron chi connectivity index (χ3n) is 2.52. The van der Waals surface area contributed by atoms with Crippen molar-refractivity contribution in [2.24, 2.45) is 0 Å². The first-order valence-corrected chi connectivity index (χ1v) is 6.76. The minimum atomic E-state index is 0.663. The number of rotatable bonds is 9. The first kappa shape index (κ1) is 15.3. The van der Waals surface area contributed by atoms with Crippen LogP contribution in [0.1, 0.15) is 25.3 Å². The van der Waals surface area contributed by atoms with Crippen molar-refractivity contribution in [3.8, 4) is 5.75 Å². The highest BCUT2D eigenvalue weighted by Crippen LogP contribution is 2.23. The molecule has 1 rings (SSSR count). The highest BCUT2D eigenvalue weighted by molar-refractivity contribution is 6.30. The first-order chi connectivity index (χ1) is 8.77. The van der Waals surface area contributed by atoms with E-state index in [0.29, 0.717) is 6.61 Å². The van der Waals surface area contributed by atoms with Gasteiger partial charge in [0.2, 0.25) is 0 Å². The Morgan fingerprint density at radius 1 is 1.28 bits per heavy atom. The third kappa shape index (κ3) is 5.71. The van der Waals surface area contributed by atoms with Crippen LogP contribution >= 0.6 is 11.6 Å². The van der Waals surface area contributed by atoms with Gasteiger partial charge >= 0.3 is 0 Å². The molecule has 0 unspecified atom stereocenters. The molecule has 0 aliphatic rings. The van der Waals surface area contributed by atoms with Crippen molar-refractivity contribution in [2.75, 3.05) is 26.9 Å². The summed E-state index contributed by atoms with van der Waals surface area (Å²) in [6.07, 6.45) is 2.01. The van der Waals surface area contributed by atoms with Crippen LogP contribution in [0.15, 0.2) is 18.2 Å². The molecule has 0 spiro atoms. The molecule has 0 aromatic heterocycles. The average Bonchev–Trinajstić information content (AvgIpc) is 2.37. The van der Waals surface area contributed by atoms with Gasteiger partial charge in [-0.2, -0.15) is 0 Å². The summed E-state index contributed by atoms with van der Waals surface area (Å²) >= 11 is 6.01. The summed E-state index contributed by atoms with van der Waals surface area (Å²) in [6.45, 7) is 5.31. The first-order valence-electron chi connectivity index (χ1n) is 6.38. The quantitative estimate of drug-likeness (QED) is 0.700. The fourth-order valence-electron chi connectivity index (χ4n) is 1.61. The Bertz CT molecular complexity index is 345. The largest absolute Gasteiger partial charge is 0.493 e. The standard InChI is InChI=1S/C14H22ClNO2/c1-3-7-16-11-12-10-13(15)5-6-14(12)18-9-4-8-17-2/h5-6,10,16H,3-4,7-9,11H2,1-2H3. The second-order valence-corrected chi connectivity index (χ2v) is 4.56. The van der Waals surface area contributed by atoms with Gasteiger partial charge in [0, 0.05) is 37.3 Å². The fourth-order valence-corrected chi connectivity index (χ4v) is 1.81. The lowest BCUT2D eigenvalue weighted by molar-refractivity contribution is 0.171. The Labute approximate surface area is 114 Å². The third-order valence-corrected chi connectivity index (χ3v) is 2.75. The molecule has 3 nitrogen and oxygen atoms in total. The number of nitrogens with one attached hydrogen (secondary N) is 1. The molecule has 0 heterocycles. The molecular formula is C14H22ClNO2. The van der Waals surface area contributed by atoms with E-state index in [1.54, 1.807) is 7.11 Å². The zero-order chi connectivity index (χ0) is 13.2. The molecule has 1 aromatic rings. The van der Waals surface area contributed by atoms with Crippen molar-refractivity contribution in [1.82, 2.24) is 5.32 Å². The van der Waals surface area contributed by atoms with Gasteiger partial charge in [-0.1, -0.05) is 18.5 Å². The highest BCUT2D eigenvalue weighted by Gasteiger charge is 2.04. The molecule has 4 heteroatoms. The van der Waals surface area contributed by atoms with Crippen molar-refractivity contribution >= 4 is 11.6 Å². The lowest BCUT2D eigenvalue weighted by atomic mass is 10.2.